The maximum Gasteiger partial charge on any atom is 0.159 e. The van der Waals surface area contributed by atoms with Crippen LogP contribution in [0, 0.1) is 46.3 Å². The summed E-state index contributed by atoms with van der Waals surface area (Å²) in [5, 5.41) is 10.2. The van der Waals surface area contributed by atoms with Crippen LogP contribution in [-0.2, 0) is 4.79 Å². The van der Waals surface area contributed by atoms with Crippen LogP contribution in [0.4, 0.5) is 0 Å². The molecule has 0 aromatic rings. The third-order valence-electron chi connectivity index (χ3n) is 10.1. The van der Waals surface area contributed by atoms with Crippen molar-refractivity contribution in [3.8, 4) is 0 Å². The van der Waals surface area contributed by atoms with Gasteiger partial charge < -0.3 is 5.11 Å². The number of allylic oxidation sites excluding steroid dienone is 1. The summed E-state index contributed by atoms with van der Waals surface area (Å²) in [5.41, 5.74) is 1.77. The van der Waals surface area contributed by atoms with Gasteiger partial charge in [-0.3, -0.25) is 4.79 Å². The van der Waals surface area contributed by atoms with Crippen LogP contribution < -0.4 is 0 Å². The van der Waals surface area contributed by atoms with Crippen molar-refractivity contribution in [2.24, 2.45) is 46.3 Å². The van der Waals surface area contributed by atoms with E-state index in [4.69, 9.17) is 0 Å². The number of hydrogen-bond donors (Lipinski definition) is 1. The predicted molar refractivity (Wildman–Crippen MR) is 119 cm³/mol. The minimum Gasteiger partial charge on any atom is -0.393 e. The Balaban J connectivity index is 1.54. The molecule has 0 amide bonds. The molecule has 4 aliphatic carbocycles. The van der Waals surface area contributed by atoms with E-state index in [0.717, 1.165) is 37.0 Å². The number of fused-ring (bicyclic) bond motifs is 5. The Hall–Kier alpha value is -0.630. The van der Waals surface area contributed by atoms with Crippen molar-refractivity contribution in [2.45, 2.75) is 105 Å². The molecule has 4 rings (SSSR count). The number of aliphatic hydroxyl groups is 1. The topological polar surface area (TPSA) is 37.3 Å². The molecular weight excluding hydrogens is 356 g/mol. The average Bonchev–Trinajstić information content (AvgIpc) is 3.00. The van der Waals surface area contributed by atoms with Crippen molar-refractivity contribution < 1.29 is 9.90 Å². The van der Waals surface area contributed by atoms with Crippen molar-refractivity contribution in [2.75, 3.05) is 0 Å². The number of aliphatic hydroxyl groups excluding tert-OH is 1. The third-order valence-corrected chi connectivity index (χ3v) is 10.1. The molecule has 3 fully saturated rings. The zero-order valence-corrected chi connectivity index (χ0v) is 19.5. The first-order chi connectivity index (χ1) is 13.7. The maximum absolute atomic E-state index is 13.4. The first kappa shape index (κ1) is 21.6. The summed E-state index contributed by atoms with van der Waals surface area (Å²) in [4.78, 5) is 13.4. The highest BCUT2D eigenvalue weighted by Gasteiger charge is 2.61. The molecule has 164 valence electrons. The molecule has 1 N–H and O–H groups in total. The standard InChI is InChI=1S/C27H44O2/c1-17(2)7-6-8-18(3)21-9-10-22-25-23(12-14-27(21,22)5)26(4)13-11-20(28)15-19(26)16-24(25)29/h16-18,20-23,25,28H,6-15H2,1-5H3/t18-,20+,21?,22+,23+,25+,26+,27-/m1/s1. The van der Waals surface area contributed by atoms with Gasteiger partial charge in [-0.1, -0.05) is 59.5 Å². The number of rotatable bonds is 5. The van der Waals surface area contributed by atoms with E-state index in [2.05, 4.69) is 34.6 Å². The molecule has 8 atom stereocenters. The lowest BCUT2D eigenvalue weighted by Crippen LogP contribution is -2.53. The number of carbonyl (C=O) groups is 1. The van der Waals surface area contributed by atoms with Crippen LogP contribution in [0.5, 0.6) is 0 Å². The average molecular weight is 401 g/mol. The lowest BCUT2D eigenvalue weighted by molar-refractivity contribution is -0.135. The molecule has 0 aromatic carbocycles. The van der Waals surface area contributed by atoms with Gasteiger partial charge in [0.25, 0.3) is 0 Å². The first-order valence-electron chi connectivity index (χ1n) is 12.6. The Bertz CT molecular complexity index is 663. The molecule has 0 radical (unpaired) electrons. The molecule has 1 unspecified atom stereocenters. The second kappa shape index (κ2) is 7.81. The van der Waals surface area contributed by atoms with Gasteiger partial charge in [0, 0.05) is 5.92 Å². The Kier molecular flexibility index (Phi) is 5.82. The smallest absolute Gasteiger partial charge is 0.159 e. The lowest BCUT2D eigenvalue weighted by Gasteiger charge is -2.57. The summed E-state index contributed by atoms with van der Waals surface area (Å²) in [6.07, 6.45) is 13.6. The van der Waals surface area contributed by atoms with Gasteiger partial charge in [0.1, 0.15) is 0 Å². The molecule has 0 aromatic heterocycles. The molecule has 0 aliphatic heterocycles. The Labute approximate surface area is 178 Å². The number of carbonyl (C=O) groups excluding carboxylic acids is 1. The molecule has 2 heteroatoms. The summed E-state index contributed by atoms with van der Waals surface area (Å²) in [7, 11) is 0. The first-order valence-corrected chi connectivity index (χ1v) is 12.6. The molecule has 29 heavy (non-hydrogen) atoms. The van der Waals surface area contributed by atoms with E-state index >= 15 is 0 Å². The van der Waals surface area contributed by atoms with Gasteiger partial charge in [-0.05, 0) is 91.4 Å². The fourth-order valence-electron chi connectivity index (χ4n) is 8.41. The normalized spacial score (nSPS) is 45.4. The summed E-state index contributed by atoms with van der Waals surface area (Å²) >= 11 is 0. The van der Waals surface area contributed by atoms with Gasteiger partial charge in [-0.2, -0.15) is 0 Å². The Morgan fingerprint density at radius 1 is 1.03 bits per heavy atom. The zero-order valence-electron chi connectivity index (χ0n) is 19.5. The minimum atomic E-state index is -0.241. The van der Waals surface area contributed by atoms with Crippen molar-refractivity contribution in [3.05, 3.63) is 11.6 Å². The predicted octanol–water partition coefficient (Wildman–Crippen LogP) is 6.57. The Morgan fingerprint density at radius 3 is 2.52 bits per heavy atom. The third kappa shape index (κ3) is 3.56. The van der Waals surface area contributed by atoms with Gasteiger partial charge in [-0.25, -0.2) is 0 Å². The summed E-state index contributed by atoms with van der Waals surface area (Å²) < 4.78 is 0. The van der Waals surface area contributed by atoms with Crippen LogP contribution in [0.3, 0.4) is 0 Å². The van der Waals surface area contributed by atoms with Crippen LogP contribution in [-0.4, -0.2) is 17.0 Å². The van der Waals surface area contributed by atoms with Crippen molar-refractivity contribution in [3.63, 3.8) is 0 Å². The fourth-order valence-corrected chi connectivity index (χ4v) is 8.41. The van der Waals surface area contributed by atoms with Gasteiger partial charge in [0.05, 0.1) is 6.10 Å². The van der Waals surface area contributed by atoms with E-state index in [-0.39, 0.29) is 17.4 Å². The highest BCUT2D eigenvalue weighted by atomic mass is 16.3. The zero-order chi connectivity index (χ0) is 21.0. The van der Waals surface area contributed by atoms with Crippen LogP contribution in [0.1, 0.15) is 98.8 Å². The summed E-state index contributed by atoms with van der Waals surface area (Å²) in [6, 6.07) is 0. The highest BCUT2D eigenvalue weighted by Crippen LogP contribution is 2.66. The molecule has 0 heterocycles. The summed E-state index contributed by atoms with van der Waals surface area (Å²) in [5.74, 6) is 4.11. The van der Waals surface area contributed by atoms with Gasteiger partial charge in [0.2, 0.25) is 0 Å². The Morgan fingerprint density at radius 2 is 1.79 bits per heavy atom. The largest absolute Gasteiger partial charge is 0.393 e. The van der Waals surface area contributed by atoms with Crippen LogP contribution in [0.15, 0.2) is 11.6 Å². The summed E-state index contributed by atoms with van der Waals surface area (Å²) in [6.45, 7) is 12.1. The maximum atomic E-state index is 13.4. The van der Waals surface area contributed by atoms with E-state index in [9.17, 15) is 9.90 Å². The van der Waals surface area contributed by atoms with Crippen LogP contribution in [0.25, 0.3) is 0 Å². The second-order valence-corrected chi connectivity index (χ2v) is 12.2. The number of hydrogen-bond acceptors (Lipinski definition) is 2. The molecule has 3 saturated carbocycles. The molecule has 2 nitrogen and oxygen atoms in total. The lowest BCUT2D eigenvalue weighted by atomic mass is 9.46. The van der Waals surface area contributed by atoms with E-state index in [1.54, 1.807) is 0 Å². The quantitative estimate of drug-likeness (QED) is 0.567. The van der Waals surface area contributed by atoms with Crippen LogP contribution in [0.2, 0.25) is 0 Å². The highest BCUT2D eigenvalue weighted by molar-refractivity contribution is 5.94. The molecular formula is C27H44O2. The monoisotopic (exact) mass is 400 g/mol. The molecule has 4 aliphatic rings. The van der Waals surface area contributed by atoms with Crippen molar-refractivity contribution >= 4 is 5.78 Å². The van der Waals surface area contributed by atoms with E-state index < -0.39 is 0 Å². The van der Waals surface area contributed by atoms with Gasteiger partial charge >= 0.3 is 0 Å². The SMILES string of the molecule is CC(C)CCC[C@@H](C)C1CC[C@H]2[C@@H]3C(=O)C=C4C[C@@H](O)CC[C@]4(C)[C@H]3CC[C@]12C. The van der Waals surface area contributed by atoms with Crippen LogP contribution >= 0.6 is 0 Å². The van der Waals surface area contributed by atoms with Crippen molar-refractivity contribution in [1.82, 2.24) is 0 Å². The molecule has 0 spiro atoms. The minimum absolute atomic E-state index is 0.153. The molecule has 0 bridgehead atoms. The van der Waals surface area contributed by atoms with Crippen molar-refractivity contribution in [1.29, 1.82) is 0 Å². The number of ketones is 1. The van der Waals surface area contributed by atoms with E-state index in [0.29, 0.717) is 23.0 Å². The molecule has 0 saturated heterocycles. The van der Waals surface area contributed by atoms with E-state index in [1.165, 1.54) is 50.5 Å². The van der Waals surface area contributed by atoms with E-state index in [1.807, 2.05) is 6.08 Å². The fraction of sp³-hybridized carbons (Fsp3) is 0.889. The van der Waals surface area contributed by atoms with Gasteiger partial charge in [0.15, 0.2) is 5.78 Å². The van der Waals surface area contributed by atoms with Gasteiger partial charge in [-0.15, -0.1) is 0 Å². The second-order valence-electron chi connectivity index (χ2n) is 12.2.